The lowest BCUT2D eigenvalue weighted by atomic mass is 10.1. The van der Waals surface area contributed by atoms with E-state index in [4.69, 9.17) is 4.74 Å². The van der Waals surface area contributed by atoms with Gasteiger partial charge in [0.05, 0.1) is 13.0 Å². The average molecular weight is 374 g/mol. The van der Waals surface area contributed by atoms with E-state index in [1.807, 2.05) is 19.9 Å². The van der Waals surface area contributed by atoms with Gasteiger partial charge >= 0.3 is 0 Å². The van der Waals surface area contributed by atoms with E-state index in [9.17, 15) is 13.2 Å². The maximum absolute atomic E-state index is 12.9. The van der Waals surface area contributed by atoms with Crippen molar-refractivity contribution in [2.24, 2.45) is 0 Å². The number of hydrogen-bond donors (Lipinski definition) is 1. The molecule has 6 nitrogen and oxygen atoms in total. The molecule has 1 aliphatic rings. The Morgan fingerprint density at radius 3 is 2.62 bits per heavy atom. The van der Waals surface area contributed by atoms with E-state index >= 15 is 0 Å². The van der Waals surface area contributed by atoms with E-state index in [0.717, 1.165) is 16.8 Å². The number of aryl methyl sites for hydroxylation is 1. The van der Waals surface area contributed by atoms with Gasteiger partial charge in [0.1, 0.15) is 10.6 Å². The van der Waals surface area contributed by atoms with Crippen LogP contribution in [0.2, 0.25) is 0 Å². The monoisotopic (exact) mass is 374 g/mol. The summed E-state index contributed by atoms with van der Waals surface area (Å²) >= 11 is 0. The lowest BCUT2D eigenvalue weighted by Gasteiger charge is -2.16. The summed E-state index contributed by atoms with van der Waals surface area (Å²) in [6.07, 6.45) is 0.285. The Morgan fingerprint density at radius 2 is 1.92 bits per heavy atom. The molecule has 0 radical (unpaired) electrons. The molecule has 2 aromatic rings. The predicted octanol–water partition coefficient (Wildman–Crippen LogP) is 3.10. The van der Waals surface area contributed by atoms with Crippen LogP contribution in [0.15, 0.2) is 41.3 Å². The number of anilines is 2. The van der Waals surface area contributed by atoms with Gasteiger partial charge < -0.3 is 9.64 Å². The SMILES string of the molecule is CCOc1ccc(C)cc1S(=O)(=O)Nc1ccc2c(c1)CC(=O)N2CC. The molecule has 138 valence electrons. The number of nitrogens with one attached hydrogen (secondary N) is 1. The number of ether oxygens (including phenoxy) is 1. The molecule has 0 aliphatic carbocycles. The molecule has 0 aromatic heterocycles. The fraction of sp³-hybridized carbons (Fsp3) is 0.316. The fourth-order valence-corrected chi connectivity index (χ4v) is 4.38. The highest BCUT2D eigenvalue weighted by atomic mass is 32.2. The average Bonchev–Trinajstić information content (AvgIpc) is 2.90. The van der Waals surface area contributed by atoms with E-state index in [1.165, 1.54) is 0 Å². The zero-order valence-electron chi connectivity index (χ0n) is 15.1. The third-order valence-corrected chi connectivity index (χ3v) is 5.67. The second-order valence-electron chi connectivity index (χ2n) is 6.15. The van der Waals surface area contributed by atoms with Crippen LogP contribution < -0.4 is 14.4 Å². The Morgan fingerprint density at radius 1 is 1.15 bits per heavy atom. The van der Waals surface area contributed by atoms with E-state index < -0.39 is 10.0 Å². The van der Waals surface area contributed by atoms with E-state index in [0.29, 0.717) is 24.6 Å². The normalized spacial score (nSPS) is 13.7. The first-order valence-electron chi connectivity index (χ1n) is 8.55. The second-order valence-corrected chi connectivity index (χ2v) is 7.80. The van der Waals surface area contributed by atoms with Crippen molar-refractivity contribution in [2.45, 2.75) is 32.1 Å². The number of fused-ring (bicyclic) bond motifs is 1. The molecule has 2 aromatic carbocycles. The van der Waals surface area contributed by atoms with Crippen molar-refractivity contribution in [3.8, 4) is 5.75 Å². The van der Waals surface area contributed by atoms with Crippen molar-refractivity contribution in [1.29, 1.82) is 0 Å². The van der Waals surface area contributed by atoms with Gasteiger partial charge in [0.2, 0.25) is 5.91 Å². The highest BCUT2D eigenvalue weighted by Crippen LogP contribution is 2.33. The van der Waals surface area contributed by atoms with Crippen LogP contribution in [0.3, 0.4) is 0 Å². The number of nitrogens with zero attached hydrogens (tertiary/aromatic N) is 1. The summed E-state index contributed by atoms with van der Waals surface area (Å²) in [6, 6.07) is 10.2. The highest BCUT2D eigenvalue weighted by Gasteiger charge is 2.27. The maximum Gasteiger partial charge on any atom is 0.265 e. The summed E-state index contributed by atoms with van der Waals surface area (Å²) in [7, 11) is -3.81. The van der Waals surface area contributed by atoms with Gasteiger partial charge in [-0.3, -0.25) is 9.52 Å². The van der Waals surface area contributed by atoms with Crippen molar-refractivity contribution in [2.75, 3.05) is 22.8 Å². The number of carbonyl (C=O) groups excluding carboxylic acids is 1. The van der Waals surface area contributed by atoms with Gasteiger partial charge in [-0.1, -0.05) is 6.07 Å². The van der Waals surface area contributed by atoms with Gasteiger partial charge in [0, 0.05) is 17.9 Å². The van der Waals surface area contributed by atoms with E-state index in [1.54, 1.807) is 42.2 Å². The minimum atomic E-state index is -3.81. The number of sulfonamides is 1. The molecule has 7 heteroatoms. The first-order chi connectivity index (χ1) is 12.4. The number of carbonyl (C=O) groups is 1. The van der Waals surface area contributed by atoms with Crippen molar-refractivity contribution in [3.05, 3.63) is 47.5 Å². The molecular formula is C19H22N2O4S. The molecule has 0 saturated heterocycles. The first kappa shape index (κ1) is 18.3. The van der Waals surface area contributed by atoms with Crippen molar-refractivity contribution in [3.63, 3.8) is 0 Å². The van der Waals surface area contributed by atoms with Gasteiger partial charge in [-0.25, -0.2) is 8.42 Å². The zero-order chi connectivity index (χ0) is 18.9. The molecule has 1 amide bonds. The number of hydrogen-bond acceptors (Lipinski definition) is 4. The van der Waals surface area contributed by atoms with Crippen LogP contribution >= 0.6 is 0 Å². The van der Waals surface area contributed by atoms with Crippen molar-refractivity contribution < 1.29 is 17.9 Å². The van der Waals surface area contributed by atoms with Gasteiger partial charge in [-0.05, 0) is 62.2 Å². The molecule has 0 spiro atoms. The van der Waals surface area contributed by atoms with Crippen LogP contribution in [0.4, 0.5) is 11.4 Å². The van der Waals surface area contributed by atoms with Crippen molar-refractivity contribution >= 4 is 27.3 Å². The fourth-order valence-electron chi connectivity index (χ4n) is 3.10. The topological polar surface area (TPSA) is 75.7 Å². The molecule has 0 saturated carbocycles. The van der Waals surface area contributed by atoms with E-state index in [2.05, 4.69) is 4.72 Å². The summed E-state index contributed by atoms with van der Waals surface area (Å²) in [5.41, 5.74) is 2.92. The minimum Gasteiger partial charge on any atom is -0.492 e. The lowest BCUT2D eigenvalue weighted by Crippen LogP contribution is -2.25. The van der Waals surface area contributed by atoms with Crippen LogP contribution in [0.1, 0.15) is 25.0 Å². The molecule has 3 rings (SSSR count). The van der Waals surface area contributed by atoms with Crippen molar-refractivity contribution in [1.82, 2.24) is 0 Å². The zero-order valence-corrected chi connectivity index (χ0v) is 15.9. The summed E-state index contributed by atoms with van der Waals surface area (Å²) in [5.74, 6) is 0.346. The van der Waals surface area contributed by atoms with E-state index in [-0.39, 0.29) is 17.2 Å². The Labute approximate surface area is 153 Å². The largest absolute Gasteiger partial charge is 0.492 e. The van der Waals surface area contributed by atoms with Gasteiger partial charge in [-0.15, -0.1) is 0 Å². The quantitative estimate of drug-likeness (QED) is 0.843. The Kier molecular flexibility index (Phi) is 4.91. The number of amides is 1. The molecule has 1 heterocycles. The molecule has 0 bridgehead atoms. The summed E-state index contributed by atoms with van der Waals surface area (Å²) < 4.78 is 33.8. The van der Waals surface area contributed by atoms with Crippen LogP contribution in [-0.2, 0) is 21.2 Å². The predicted molar refractivity (Wildman–Crippen MR) is 101 cm³/mol. The first-order valence-corrected chi connectivity index (χ1v) is 10.0. The smallest absolute Gasteiger partial charge is 0.265 e. The lowest BCUT2D eigenvalue weighted by molar-refractivity contribution is -0.117. The summed E-state index contributed by atoms with van der Waals surface area (Å²) in [6.45, 7) is 6.52. The molecule has 1 N–H and O–H groups in total. The minimum absolute atomic E-state index is 0.0276. The van der Waals surface area contributed by atoms with Gasteiger partial charge in [-0.2, -0.15) is 0 Å². The Hall–Kier alpha value is -2.54. The number of likely N-dealkylation sites (N-methyl/N-ethyl adjacent to an activating group) is 1. The highest BCUT2D eigenvalue weighted by molar-refractivity contribution is 7.92. The van der Waals surface area contributed by atoms with Gasteiger partial charge in [0.15, 0.2) is 0 Å². The maximum atomic E-state index is 12.9. The second kappa shape index (κ2) is 6.99. The molecular weight excluding hydrogens is 352 g/mol. The summed E-state index contributed by atoms with van der Waals surface area (Å²) in [4.78, 5) is 13.8. The molecule has 26 heavy (non-hydrogen) atoms. The Bertz CT molecular complexity index is 954. The van der Waals surface area contributed by atoms with Crippen LogP contribution in [0.25, 0.3) is 0 Å². The van der Waals surface area contributed by atoms with Crippen LogP contribution in [0.5, 0.6) is 5.75 Å². The molecule has 0 atom stereocenters. The van der Waals surface area contributed by atoms with Gasteiger partial charge in [0.25, 0.3) is 10.0 Å². The van der Waals surface area contributed by atoms with Crippen LogP contribution in [0, 0.1) is 6.92 Å². The Balaban J connectivity index is 1.93. The summed E-state index contributed by atoms with van der Waals surface area (Å²) in [5, 5.41) is 0. The third-order valence-electron chi connectivity index (χ3n) is 4.27. The standard InChI is InChI=1S/C19H22N2O4S/c1-4-21-16-8-7-15(11-14(16)12-19(21)22)20-26(23,24)18-10-13(3)6-9-17(18)25-5-2/h6-11,20H,4-5,12H2,1-3H3. The molecule has 0 fully saturated rings. The molecule has 0 unspecified atom stereocenters. The number of benzene rings is 2. The molecule has 1 aliphatic heterocycles. The third kappa shape index (κ3) is 3.39. The van der Waals surface area contributed by atoms with Crippen LogP contribution in [-0.4, -0.2) is 27.5 Å². The number of rotatable bonds is 6.